The molecule has 1 amide bonds. The van der Waals surface area contributed by atoms with Crippen LogP contribution in [0.2, 0.25) is 0 Å². The number of carbonyl (C=O) groups is 1. The molecule has 0 spiro atoms. The van der Waals surface area contributed by atoms with Gasteiger partial charge in [-0.05, 0) is 6.42 Å². The number of rotatable bonds is 6. The van der Waals surface area contributed by atoms with Crippen LogP contribution >= 0.6 is 0 Å². The summed E-state index contributed by atoms with van der Waals surface area (Å²) in [5, 5.41) is 6.16. The molecule has 2 N–H and O–H groups in total. The van der Waals surface area contributed by atoms with Crippen LogP contribution in [0.5, 0.6) is 5.88 Å². The molecule has 110 valence electrons. The van der Waals surface area contributed by atoms with Crippen molar-refractivity contribution in [2.45, 2.75) is 13.3 Å². The summed E-state index contributed by atoms with van der Waals surface area (Å²) in [5.74, 6) is 1.01. The highest BCUT2D eigenvalue weighted by atomic mass is 16.5. The Morgan fingerprint density at radius 1 is 1.50 bits per heavy atom. The summed E-state index contributed by atoms with van der Waals surface area (Å²) in [5.41, 5.74) is 0. The molecular weight excluding hydrogens is 258 g/mol. The number of anilines is 1. The fourth-order valence-corrected chi connectivity index (χ4v) is 1.90. The molecular formula is C13H21N5O2. The van der Waals surface area contributed by atoms with Gasteiger partial charge in [-0.2, -0.15) is 4.98 Å². The molecule has 2 rings (SSSR count). The van der Waals surface area contributed by atoms with E-state index in [4.69, 9.17) is 4.74 Å². The Morgan fingerprint density at radius 2 is 2.30 bits per heavy atom. The van der Waals surface area contributed by atoms with Gasteiger partial charge in [0.15, 0.2) is 0 Å². The summed E-state index contributed by atoms with van der Waals surface area (Å²) in [6.45, 7) is 6.06. The first-order valence-electron chi connectivity index (χ1n) is 6.98. The first kappa shape index (κ1) is 14.5. The van der Waals surface area contributed by atoms with Crippen molar-refractivity contribution in [1.82, 2.24) is 20.2 Å². The summed E-state index contributed by atoms with van der Waals surface area (Å²) < 4.78 is 5.42. The molecule has 0 atom stereocenters. The minimum atomic E-state index is 0.0648. The van der Waals surface area contributed by atoms with Gasteiger partial charge >= 0.3 is 0 Å². The largest absolute Gasteiger partial charge is 0.478 e. The standard InChI is InChI=1S/C13H21N5O2/c1-2-9-20-11-3-4-15-13(17-11)16-10-12(19)18-7-5-14-6-8-18/h3-4,14H,2,5-10H2,1H3,(H,15,16,17). The van der Waals surface area contributed by atoms with Gasteiger partial charge in [0.2, 0.25) is 17.7 Å². The topological polar surface area (TPSA) is 79.4 Å². The van der Waals surface area contributed by atoms with Crippen LogP contribution in [-0.4, -0.2) is 60.1 Å². The van der Waals surface area contributed by atoms with Gasteiger partial charge in [-0.25, -0.2) is 4.98 Å². The molecule has 0 unspecified atom stereocenters. The number of amides is 1. The SMILES string of the molecule is CCCOc1ccnc(NCC(=O)N2CCNCC2)n1. The maximum Gasteiger partial charge on any atom is 0.242 e. The average molecular weight is 279 g/mol. The fraction of sp³-hybridized carbons (Fsp3) is 0.615. The molecule has 7 nitrogen and oxygen atoms in total. The van der Waals surface area contributed by atoms with Crippen LogP contribution in [0.15, 0.2) is 12.3 Å². The van der Waals surface area contributed by atoms with E-state index >= 15 is 0 Å². The summed E-state index contributed by atoms with van der Waals surface area (Å²) in [4.78, 5) is 22.1. The van der Waals surface area contributed by atoms with E-state index in [9.17, 15) is 4.79 Å². The van der Waals surface area contributed by atoms with Crippen molar-refractivity contribution < 1.29 is 9.53 Å². The second kappa shape index (κ2) is 7.64. The summed E-state index contributed by atoms with van der Waals surface area (Å²) in [7, 11) is 0. The van der Waals surface area contributed by atoms with Crippen molar-refractivity contribution in [1.29, 1.82) is 0 Å². The highest BCUT2D eigenvalue weighted by molar-refractivity contribution is 5.80. The summed E-state index contributed by atoms with van der Waals surface area (Å²) in [6.07, 6.45) is 2.55. The molecule has 1 aromatic rings. The smallest absolute Gasteiger partial charge is 0.242 e. The normalized spacial score (nSPS) is 14.9. The lowest BCUT2D eigenvalue weighted by molar-refractivity contribution is -0.129. The monoisotopic (exact) mass is 279 g/mol. The van der Waals surface area contributed by atoms with Crippen molar-refractivity contribution in [2.75, 3.05) is 44.6 Å². The van der Waals surface area contributed by atoms with Crippen LogP contribution in [0.1, 0.15) is 13.3 Å². The predicted octanol–water partition coefficient (Wildman–Crippen LogP) is 0.109. The number of hydrogen-bond acceptors (Lipinski definition) is 6. The molecule has 1 aliphatic heterocycles. The first-order valence-corrected chi connectivity index (χ1v) is 6.98. The van der Waals surface area contributed by atoms with Gasteiger partial charge in [-0.15, -0.1) is 0 Å². The van der Waals surface area contributed by atoms with Gasteiger partial charge in [0.1, 0.15) is 0 Å². The van der Waals surface area contributed by atoms with Gasteiger partial charge in [0.25, 0.3) is 0 Å². The van der Waals surface area contributed by atoms with E-state index in [1.54, 1.807) is 12.3 Å². The van der Waals surface area contributed by atoms with E-state index in [1.807, 2.05) is 11.8 Å². The van der Waals surface area contributed by atoms with E-state index in [-0.39, 0.29) is 12.5 Å². The van der Waals surface area contributed by atoms with Gasteiger partial charge < -0.3 is 20.3 Å². The van der Waals surface area contributed by atoms with Crippen LogP contribution in [0.25, 0.3) is 0 Å². The minimum Gasteiger partial charge on any atom is -0.478 e. The first-order chi connectivity index (χ1) is 9.79. The fourth-order valence-electron chi connectivity index (χ4n) is 1.90. The van der Waals surface area contributed by atoms with E-state index in [2.05, 4.69) is 20.6 Å². The third-order valence-electron chi connectivity index (χ3n) is 2.95. The van der Waals surface area contributed by atoms with Crippen LogP contribution in [0.3, 0.4) is 0 Å². The van der Waals surface area contributed by atoms with Crippen molar-refractivity contribution in [3.05, 3.63) is 12.3 Å². The van der Waals surface area contributed by atoms with E-state index in [0.29, 0.717) is 18.4 Å². The molecule has 2 heterocycles. The highest BCUT2D eigenvalue weighted by Crippen LogP contribution is 2.08. The zero-order valence-electron chi connectivity index (χ0n) is 11.8. The third kappa shape index (κ3) is 4.34. The van der Waals surface area contributed by atoms with Gasteiger partial charge in [0.05, 0.1) is 13.2 Å². The van der Waals surface area contributed by atoms with Crippen LogP contribution < -0.4 is 15.4 Å². The van der Waals surface area contributed by atoms with Crippen LogP contribution in [0, 0.1) is 0 Å². The van der Waals surface area contributed by atoms with Crippen molar-refractivity contribution >= 4 is 11.9 Å². The molecule has 0 radical (unpaired) electrons. The molecule has 1 saturated heterocycles. The number of ether oxygens (including phenoxy) is 1. The van der Waals surface area contributed by atoms with Crippen LogP contribution in [0.4, 0.5) is 5.95 Å². The Kier molecular flexibility index (Phi) is 5.55. The number of piperazine rings is 1. The predicted molar refractivity (Wildman–Crippen MR) is 75.8 cm³/mol. The number of aromatic nitrogens is 2. The van der Waals surface area contributed by atoms with Crippen molar-refractivity contribution in [2.24, 2.45) is 0 Å². The number of hydrogen-bond donors (Lipinski definition) is 2. The molecule has 0 aromatic carbocycles. The Bertz CT molecular complexity index is 435. The Morgan fingerprint density at radius 3 is 3.05 bits per heavy atom. The van der Waals surface area contributed by atoms with Crippen molar-refractivity contribution in [3.8, 4) is 5.88 Å². The van der Waals surface area contributed by atoms with Gasteiger partial charge in [-0.3, -0.25) is 4.79 Å². The molecule has 0 bridgehead atoms. The second-order valence-corrected chi connectivity index (χ2v) is 4.55. The lowest BCUT2D eigenvalue weighted by atomic mass is 10.3. The summed E-state index contributed by atoms with van der Waals surface area (Å²) >= 11 is 0. The van der Waals surface area contributed by atoms with E-state index < -0.39 is 0 Å². The Balaban J connectivity index is 1.82. The Labute approximate surface area is 118 Å². The third-order valence-corrected chi connectivity index (χ3v) is 2.95. The Hall–Kier alpha value is -1.89. The maximum atomic E-state index is 12.0. The van der Waals surface area contributed by atoms with Crippen molar-refractivity contribution in [3.63, 3.8) is 0 Å². The molecule has 20 heavy (non-hydrogen) atoms. The van der Waals surface area contributed by atoms with Gasteiger partial charge in [-0.1, -0.05) is 6.92 Å². The minimum absolute atomic E-state index is 0.0648. The number of nitrogens with zero attached hydrogens (tertiary/aromatic N) is 3. The zero-order valence-corrected chi connectivity index (χ0v) is 11.8. The molecule has 7 heteroatoms. The zero-order chi connectivity index (χ0) is 14.2. The van der Waals surface area contributed by atoms with E-state index in [0.717, 1.165) is 32.6 Å². The van der Waals surface area contributed by atoms with Crippen LogP contribution in [-0.2, 0) is 4.79 Å². The molecule has 0 saturated carbocycles. The number of carbonyl (C=O) groups excluding carboxylic acids is 1. The molecule has 0 aliphatic carbocycles. The quantitative estimate of drug-likeness (QED) is 0.769. The number of nitrogens with one attached hydrogen (secondary N) is 2. The molecule has 1 fully saturated rings. The lowest BCUT2D eigenvalue weighted by Crippen LogP contribution is -2.48. The van der Waals surface area contributed by atoms with Gasteiger partial charge in [0, 0.05) is 38.4 Å². The second-order valence-electron chi connectivity index (χ2n) is 4.55. The highest BCUT2D eigenvalue weighted by Gasteiger charge is 2.15. The lowest BCUT2D eigenvalue weighted by Gasteiger charge is -2.27. The molecule has 1 aromatic heterocycles. The summed E-state index contributed by atoms with van der Waals surface area (Å²) in [6, 6.07) is 1.71. The average Bonchev–Trinajstić information content (AvgIpc) is 2.52. The van der Waals surface area contributed by atoms with E-state index in [1.165, 1.54) is 0 Å². The molecule has 1 aliphatic rings. The maximum absolute atomic E-state index is 12.0.